The smallest absolute Gasteiger partial charge is 0.375 e. The average molecular weight is 233 g/mol. The highest BCUT2D eigenvalue weighted by atomic mass is 16.4. The highest BCUT2D eigenvalue weighted by molar-refractivity contribution is 5.83. The standard InChI is InChI=1S/C12H15N3O2/c1-7-5-8(12(2,3)4)15-9(6-7)13-10(14-15)11(16)17/h5-6H,1-4H3,(H,16,17). The molecule has 0 aliphatic heterocycles. The van der Waals surface area contributed by atoms with E-state index in [0.29, 0.717) is 5.65 Å². The molecule has 0 aromatic carbocycles. The number of rotatable bonds is 1. The molecule has 0 fully saturated rings. The van der Waals surface area contributed by atoms with E-state index < -0.39 is 5.97 Å². The Hall–Kier alpha value is -1.91. The summed E-state index contributed by atoms with van der Waals surface area (Å²) in [5, 5.41) is 12.9. The molecule has 0 aliphatic carbocycles. The molecule has 0 saturated carbocycles. The molecule has 0 amide bonds. The lowest BCUT2D eigenvalue weighted by Gasteiger charge is -2.20. The van der Waals surface area contributed by atoms with Crippen LogP contribution in [0.3, 0.4) is 0 Å². The number of hydrogen-bond donors (Lipinski definition) is 1. The van der Waals surface area contributed by atoms with Gasteiger partial charge in [0.1, 0.15) is 0 Å². The monoisotopic (exact) mass is 233 g/mol. The topological polar surface area (TPSA) is 67.5 Å². The van der Waals surface area contributed by atoms with Crippen molar-refractivity contribution in [1.82, 2.24) is 14.6 Å². The number of carboxylic acids is 1. The second-order valence-electron chi connectivity index (χ2n) is 5.18. The molecular weight excluding hydrogens is 218 g/mol. The summed E-state index contributed by atoms with van der Waals surface area (Å²) in [6.45, 7) is 8.14. The van der Waals surface area contributed by atoms with Crippen molar-refractivity contribution in [2.75, 3.05) is 0 Å². The minimum atomic E-state index is -1.11. The number of aryl methyl sites for hydroxylation is 1. The lowest BCUT2D eigenvalue weighted by Crippen LogP contribution is -2.17. The highest BCUT2D eigenvalue weighted by Gasteiger charge is 2.21. The molecule has 90 valence electrons. The first-order valence-electron chi connectivity index (χ1n) is 5.40. The molecule has 2 aromatic rings. The summed E-state index contributed by atoms with van der Waals surface area (Å²) in [6, 6.07) is 3.84. The first-order chi connectivity index (χ1) is 7.79. The van der Waals surface area contributed by atoms with Gasteiger partial charge in [-0.3, -0.25) is 0 Å². The maximum absolute atomic E-state index is 10.9. The van der Waals surface area contributed by atoms with E-state index in [1.807, 2.05) is 19.1 Å². The van der Waals surface area contributed by atoms with Crippen LogP contribution in [0.2, 0.25) is 0 Å². The van der Waals surface area contributed by atoms with Crippen LogP contribution in [-0.4, -0.2) is 25.7 Å². The van der Waals surface area contributed by atoms with Crippen molar-refractivity contribution < 1.29 is 9.90 Å². The number of pyridine rings is 1. The molecular formula is C12H15N3O2. The van der Waals surface area contributed by atoms with E-state index in [0.717, 1.165) is 11.3 Å². The molecule has 5 nitrogen and oxygen atoms in total. The first kappa shape index (κ1) is 11.6. The molecule has 0 aliphatic rings. The van der Waals surface area contributed by atoms with Gasteiger partial charge in [0.15, 0.2) is 5.65 Å². The number of hydrogen-bond acceptors (Lipinski definition) is 3. The first-order valence-corrected chi connectivity index (χ1v) is 5.40. The van der Waals surface area contributed by atoms with Gasteiger partial charge >= 0.3 is 5.97 Å². The summed E-state index contributed by atoms with van der Waals surface area (Å²) >= 11 is 0. The Bertz CT molecular complexity index is 594. The number of fused-ring (bicyclic) bond motifs is 1. The van der Waals surface area contributed by atoms with Crippen molar-refractivity contribution in [3.05, 3.63) is 29.2 Å². The van der Waals surface area contributed by atoms with Gasteiger partial charge in [-0.15, -0.1) is 5.10 Å². The van der Waals surface area contributed by atoms with Gasteiger partial charge in [-0.25, -0.2) is 14.3 Å². The maximum Gasteiger partial charge on any atom is 0.375 e. The minimum Gasteiger partial charge on any atom is -0.475 e. The second-order valence-corrected chi connectivity index (χ2v) is 5.18. The Morgan fingerprint density at radius 3 is 2.53 bits per heavy atom. The molecule has 0 radical (unpaired) electrons. The Balaban J connectivity index is 2.79. The van der Waals surface area contributed by atoms with Crippen LogP contribution in [0.25, 0.3) is 5.65 Å². The van der Waals surface area contributed by atoms with Crippen LogP contribution in [0.15, 0.2) is 12.1 Å². The molecule has 0 atom stereocenters. The Morgan fingerprint density at radius 1 is 1.35 bits per heavy atom. The third-order valence-electron chi connectivity index (χ3n) is 2.54. The van der Waals surface area contributed by atoms with Crippen LogP contribution in [0.4, 0.5) is 0 Å². The van der Waals surface area contributed by atoms with Gasteiger partial charge in [0, 0.05) is 5.41 Å². The number of carboxylic acid groups (broad SMARTS) is 1. The molecule has 0 spiro atoms. The van der Waals surface area contributed by atoms with Crippen LogP contribution in [0.1, 0.15) is 42.6 Å². The van der Waals surface area contributed by atoms with Gasteiger partial charge < -0.3 is 5.11 Å². The van der Waals surface area contributed by atoms with Crippen molar-refractivity contribution in [3.63, 3.8) is 0 Å². The van der Waals surface area contributed by atoms with Crippen molar-refractivity contribution in [2.45, 2.75) is 33.1 Å². The summed E-state index contributed by atoms with van der Waals surface area (Å²) in [6.07, 6.45) is 0. The van der Waals surface area contributed by atoms with Crippen LogP contribution in [-0.2, 0) is 5.41 Å². The molecule has 17 heavy (non-hydrogen) atoms. The van der Waals surface area contributed by atoms with E-state index >= 15 is 0 Å². The Labute approximate surface area is 99.1 Å². The van der Waals surface area contributed by atoms with E-state index in [2.05, 4.69) is 30.9 Å². The normalized spacial score (nSPS) is 12.0. The van der Waals surface area contributed by atoms with Crippen molar-refractivity contribution in [3.8, 4) is 0 Å². The summed E-state index contributed by atoms with van der Waals surface area (Å²) in [5.41, 5.74) is 2.46. The Kier molecular flexibility index (Phi) is 2.41. The van der Waals surface area contributed by atoms with Crippen molar-refractivity contribution in [2.24, 2.45) is 0 Å². The average Bonchev–Trinajstić information content (AvgIpc) is 2.58. The van der Waals surface area contributed by atoms with Gasteiger partial charge in [-0.2, -0.15) is 0 Å². The number of nitrogens with zero attached hydrogens (tertiary/aromatic N) is 3. The zero-order valence-electron chi connectivity index (χ0n) is 10.4. The zero-order valence-corrected chi connectivity index (χ0v) is 10.4. The van der Waals surface area contributed by atoms with E-state index in [1.54, 1.807) is 4.52 Å². The summed E-state index contributed by atoms with van der Waals surface area (Å²) in [4.78, 5) is 14.9. The van der Waals surface area contributed by atoms with Gasteiger partial charge in [0.25, 0.3) is 5.82 Å². The van der Waals surface area contributed by atoms with Crippen LogP contribution >= 0.6 is 0 Å². The molecule has 0 bridgehead atoms. The minimum absolute atomic E-state index is 0.117. The fourth-order valence-corrected chi connectivity index (χ4v) is 1.74. The third kappa shape index (κ3) is 2.00. The second kappa shape index (κ2) is 3.55. The van der Waals surface area contributed by atoms with Gasteiger partial charge in [-0.05, 0) is 24.6 Å². The Morgan fingerprint density at radius 2 is 2.00 bits per heavy atom. The van der Waals surface area contributed by atoms with Crippen LogP contribution < -0.4 is 0 Å². The van der Waals surface area contributed by atoms with Gasteiger partial charge in [0.2, 0.25) is 0 Å². The highest BCUT2D eigenvalue weighted by Crippen LogP contribution is 2.23. The third-order valence-corrected chi connectivity index (χ3v) is 2.54. The largest absolute Gasteiger partial charge is 0.475 e. The van der Waals surface area contributed by atoms with E-state index in [4.69, 9.17) is 5.11 Å². The molecule has 2 aromatic heterocycles. The van der Waals surface area contributed by atoms with Crippen LogP contribution in [0, 0.1) is 6.92 Å². The predicted molar refractivity (Wildman–Crippen MR) is 63.4 cm³/mol. The van der Waals surface area contributed by atoms with Gasteiger partial charge in [0.05, 0.1) is 5.69 Å². The van der Waals surface area contributed by atoms with Gasteiger partial charge in [-0.1, -0.05) is 20.8 Å². The SMILES string of the molecule is Cc1cc(C(C)(C)C)n2nc(C(=O)O)nc2c1. The quantitative estimate of drug-likeness (QED) is 0.818. The summed E-state index contributed by atoms with van der Waals surface area (Å²) < 4.78 is 1.61. The fourth-order valence-electron chi connectivity index (χ4n) is 1.74. The number of aromatic carboxylic acids is 1. The van der Waals surface area contributed by atoms with E-state index in [9.17, 15) is 4.79 Å². The molecule has 2 heterocycles. The molecule has 5 heteroatoms. The van der Waals surface area contributed by atoms with Crippen molar-refractivity contribution >= 4 is 11.6 Å². The predicted octanol–water partition coefficient (Wildman–Crippen LogP) is 2.03. The van der Waals surface area contributed by atoms with E-state index in [1.165, 1.54) is 0 Å². The molecule has 0 saturated heterocycles. The fraction of sp³-hybridized carbons (Fsp3) is 0.417. The summed E-state index contributed by atoms with van der Waals surface area (Å²) in [7, 11) is 0. The maximum atomic E-state index is 10.9. The lowest BCUT2D eigenvalue weighted by atomic mass is 9.91. The molecule has 2 rings (SSSR count). The summed E-state index contributed by atoms with van der Waals surface area (Å²) in [5.74, 6) is -1.27. The zero-order chi connectivity index (χ0) is 12.8. The number of aromatic nitrogens is 3. The van der Waals surface area contributed by atoms with Crippen LogP contribution in [0.5, 0.6) is 0 Å². The van der Waals surface area contributed by atoms with E-state index in [-0.39, 0.29) is 11.2 Å². The molecule has 1 N–H and O–H groups in total. The lowest BCUT2D eigenvalue weighted by molar-refractivity contribution is 0.0684. The van der Waals surface area contributed by atoms with Crippen molar-refractivity contribution in [1.29, 1.82) is 0 Å². The molecule has 0 unspecified atom stereocenters. The number of carbonyl (C=O) groups is 1.